The smallest absolute Gasteiger partial charge is 0.0713 e. The molecule has 0 bridgehead atoms. The van der Waals surface area contributed by atoms with Crippen molar-refractivity contribution in [2.45, 2.75) is 40.8 Å². The fraction of sp³-hybridized carbons (Fsp3) is 0.647. The van der Waals surface area contributed by atoms with Gasteiger partial charge in [0, 0.05) is 13.7 Å². The fourth-order valence-electron chi connectivity index (χ4n) is 3.12. The summed E-state index contributed by atoms with van der Waals surface area (Å²) >= 11 is 0. The maximum Gasteiger partial charge on any atom is 0.0713 e. The largest absolute Gasteiger partial charge is 0.380 e. The normalized spacial score (nSPS) is 20.5. The SMILES string of the molecule is COCc1ccc(CNCC2C(C)(C)C2(C)C)cc1. The van der Waals surface area contributed by atoms with Crippen LogP contribution in [0.25, 0.3) is 0 Å². The molecule has 1 aromatic rings. The molecule has 2 heteroatoms. The lowest BCUT2D eigenvalue weighted by Gasteiger charge is -2.07. The van der Waals surface area contributed by atoms with E-state index in [1.54, 1.807) is 7.11 Å². The van der Waals surface area contributed by atoms with E-state index in [1.165, 1.54) is 11.1 Å². The first-order chi connectivity index (χ1) is 8.89. The predicted molar refractivity (Wildman–Crippen MR) is 79.9 cm³/mol. The number of rotatable bonds is 6. The molecule has 1 N–H and O–H groups in total. The van der Waals surface area contributed by atoms with Gasteiger partial charge in [0.15, 0.2) is 0 Å². The van der Waals surface area contributed by atoms with Gasteiger partial charge in [0.1, 0.15) is 0 Å². The van der Waals surface area contributed by atoms with Crippen LogP contribution in [0.2, 0.25) is 0 Å². The first kappa shape index (κ1) is 14.5. The summed E-state index contributed by atoms with van der Waals surface area (Å²) < 4.78 is 5.12. The lowest BCUT2D eigenvalue weighted by Crippen LogP contribution is -2.18. The molecule has 0 aromatic heterocycles. The van der Waals surface area contributed by atoms with Crippen LogP contribution in [-0.4, -0.2) is 13.7 Å². The molecular weight excluding hydrogens is 234 g/mol. The maximum atomic E-state index is 5.12. The van der Waals surface area contributed by atoms with Gasteiger partial charge in [0.05, 0.1) is 6.61 Å². The zero-order valence-electron chi connectivity index (χ0n) is 12.9. The Bertz CT molecular complexity index is 405. The van der Waals surface area contributed by atoms with Crippen molar-refractivity contribution in [2.24, 2.45) is 16.7 Å². The van der Waals surface area contributed by atoms with E-state index in [1.807, 2.05) is 0 Å². The monoisotopic (exact) mass is 261 g/mol. The molecule has 2 rings (SSSR count). The Labute approximate surface area is 117 Å². The lowest BCUT2D eigenvalue weighted by molar-refractivity contribution is 0.185. The average Bonchev–Trinajstić information content (AvgIpc) is 2.74. The van der Waals surface area contributed by atoms with Crippen molar-refractivity contribution in [1.82, 2.24) is 5.32 Å². The first-order valence-corrected chi connectivity index (χ1v) is 7.17. The Morgan fingerprint density at radius 2 is 1.53 bits per heavy atom. The summed E-state index contributed by atoms with van der Waals surface area (Å²) in [6.45, 7) is 12.3. The van der Waals surface area contributed by atoms with Crippen LogP contribution in [0, 0.1) is 16.7 Å². The molecule has 1 fully saturated rings. The molecule has 1 aliphatic rings. The van der Waals surface area contributed by atoms with Gasteiger partial charge in [-0.15, -0.1) is 0 Å². The predicted octanol–water partition coefficient (Wildman–Crippen LogP) is 3.60. The number of nitrogens with one attached hydrogen (secondary N) is 1. The Hall–Kier alpha value is -0.860. The van der Waals surface area contributed by atoms with E-state index in [9.17, 15) is 0 Å². The highest BCUT2D eigenvalue weighted by Gasteiger charge is 2.63. The van der Waals surface area contributed by atoms with E-state index in [4.69, 9.17) is 4.74 Å². The summed E-state index contributed by atoms with van der Waals surface area (Å²) in [6.07, 6.45) is 0. The van der Waals surface area contributed by atoms with Crippen molar-refractivity contribution in [1.29, 1.82) is 0 Å². The van der Waals surface area contributed by atoms with Crippen LogP contribution in [0.5, 0.6) is 0 Å². The maximum absolute atomic E-state index is 5.12. The second-order valence-electron chi connectivity index (χ2n) is 6.88. The van der Waals surface area contributed by atoms with Crippen molar-refractivity contribution >= 4 is 0 Å². The van der Waals surface area contributed by atoms with Crippen molar-refractivity contribution in [3.05, 3.63) is 35.4 Å². The van der Waals surface area contributed by atoms with Crippen LogP contribution in [0.3, 0.4) is 0 Å². The van der Waals surface area contributed by atoms with Gasteiger partial charge >= 0.3 is 0 Å². The van der Waals surface area contributed by atoms with Gasteiger partial charge in [0.25, 0.3) is 0 Å². The Morgan fingerprint density at radius 3 is 2.00 bits per heavy atom. The molecule has 0 radical (unpaired) electrons. The van der Waals surface area contributed by atoms with Gasteiger partial charge in [-0.05, 0) is 34.4 Å². The number of benzene rings is 1. The minimum atomic E-state index is 0.475. The van der Waals surface area contributed by atoms with E-state index in [2.05, 4.69) is 57.3 Å². The molecule has 0 spiro atoms. The van der Waals surface area contributed by atoms with E-state index < -0.39 is 0 Å². The second-order valence-corrected chi connectivity index (χ2v) is 6.88. The van der Waals surface area contributed by atoms with E-state index in [0.717, 1.165) is 19.0 Å². The zero-order chi connectivity index (χ0) is 14.1. The molecular formula is C17H27NO. The fourth-order valence-corrected chi connectivity index (χ4v) is 3.12. The summed E-state index contributed by atoms with van der Waals surface area (Å²) in [6, 6.07) is 8.66. The summed E-state index contributed by atoms with van der Waals surface area (Å²) in [5, 5.41) is 3.60. The first-order valence-electron chi connectivity index (χ1n) is 7.17. The summed E-state index contributed by atoms with van der Waals surface area (Å²) in [7, 11) is 1.73. The quantitative estimate of drug-likeness (QED) is 0.844. The van der Waals surface area contributed by atoms with Crippen molar-refractivity contribution in [3.8, 4) is 0 Å². The van der Waals surface area contributed by atoms with E-state index in [-0.39, 0.29) is 0 Å². The third kappa shape index (κ3) is 2.85. The highest BCUT2D eigenvalue weighted by molar-refractivity contribution is 5.22. The topological polar surface area (TPSA) is 21.3 Å². The van der Waals surface area contributed by atoms with Crippen molar-refractivity contribution in [2.75, 3.05) is 13.7 Å². The standard InChI is InChI=1S/C17H27NO/c1-16(2)15(17(16,3)4)11-18-10-13-6-8-14(9-7-13)12-19-5/h6-9,15,18H,10-12H2,1-5H3. The third-order valence-corrected chi connectivity index (χ3v) is 5.33. The summed E-state index contributed by atoms with van der Waals surface area (Å²) in [5.74, 6) is 0.785. The molecule has 0 unspecified atom stereocenters. The average molecular weight is 261 g/mol. The number of hydrogen-bond donors (Lipinski definition) is 1. The summed E-state index contributed by atoms with van der Waals surface area (Å²) in [4.78, 5) is 0. The van der Waals surface area contributed by atoms with E-state index in [0.29, 0.717) is 17.4 Å². The molecule has 1 saturated carbocycles. The van der Waals surface area contributed by atoms with Crippen LogP contribution in [0.4, 0.5) is 0 Å². The number of hydrogen-bond acceptors (Lipinski definition) is 2. The molecule has 1 aromatic carbocycles. The van der Waals surface area contributed by atoms with Crippen molar-refractivity contribution in [3.63, 3.8) is 0 Å². The number of methoxy groups -OCH3 is 1. The van der Waals surface area contributed by atoms with Crippen LogP contribution >= 0.6 is 0 Å². The lowest BCUT2D eigenvalue weighted by atomic mass is 10.0. The van der Waals surface area contributed by atoms with Crippen LogP contribution in [-0.2, 0) is 17.9 Å². The van der Waals surface area contributed by atoms with Gasteiger partial charge in [0.2, 0.25) is 0 Å². The molecule has 1 aliphatic carbocycles. The highest BCUT2D eigenvalue weighted by atomic mass is 16.5. The second kappa shape index (κ2) is 5.26. The molecule has 106 valence electrons. The van der Waals surface area contributed by atoms with Crippen molar-refractivity contribution < 1.29 is 4.74 Å². The Balaban J connectivity index is 1.78. The van der Waals surface area contributed by atoms with Crippen LogP contribution < -0.4 is 5.32 Å². The Morgan fingerprint density at radius 1 is 1.00 bits per heavy atom. The molecule has 0 heterocycles. The number of ether oxygens (including phenoxy) is 1. The van der Waals surface area contributed by atoms with Crippen LogP contribution in [0.15, 0.2) is 24.3 Å². The molecule has 0 saturated heterocycles. The minimum absolute atomic E-state index is 0.475. The van der Waals surface area contributed by atoms with Gasteiger partial charge in [-0.25, -0.2) is 0 Å². The summed E-state index contributed by atoms with van der Waals surface area (Å²) in [5.41, 5.74) is 3.52. The highest BCUT2D eigenvalue weighted by Crippen LogP contribution is 2.67. The zero-order valence-corrected chi connectivity index (χ0v) is 12.9. The van der Waals surface area contributed by atoms with Gasteiger partial charge in [-0.2, -0.15) is 0 Å². The molecule has 0 amide bonds. The molecule has 0 aliphatic heterocycles. The molecule has 0 atom stereocenters. The molecule has 19 heavy (non-hydrogen) atoms. The van der Waals surface area contributed by atoms with Gasteiger partial charge in [-0.1, -0.05) is 52.0 Å². The van der Waals surface area contributed by atoms with Crippen LogP contribution in [0.1, 0.15) is 38.8 Å². The van der Waals surface area contributed by atoms with E-state index >= 15 is 0 Å². The minimum Gasteiger partial charge on any atom is -0.380 e. The molecule has 2 nitrogen and oxygen atoms in total. The van der Waals surface area contributed by atoms with Gasteiger partial charge in [-0.3, -0.25) is 0 Å². The van der Waals surface area contributed by atoms with Gasteiger partial charge < -0.3 is 10.1 Å². The Kier molecular flexibility index (Phi) is 4.03. The third-order valence-electron chi connectivity index (χ3n) is 5.33.